The van der Waals surface area contributed by atoms with Gasteiger partial charge in [-0.1, -0.05) is 24.4 Å². The number of benzene rings is 1. The predicted molar refractivity (Wildman–Crippen MR) is 78.1 cm³/mol. The molecule has 1 aliphatic rings. The monoisotopic (exact) mass is 265 g/mol. The number of nitrogens with two attached hydrogens (primary N) is 1. The van der Waals surface area contributed by atoms with Gasteiger partial charge in [0.25, 0.3) is 0 Å². The van der Waals surface area contributed by atoms with Crippen molar-refractivity contribution in [3.8, 4) is 0 Å². The van der Waals surface area contributed by atoms with E-state index in [4.69, 9.17) is 22.7 Å². The SMILES string of the molecule is CN1CCOC(CNc2ccccc2C(N)=S)C1. The highest BCUT2D eigenvalue weighted by Crippen LogP contribution is 2.15. The first kappa shape index (κ1) is 13.3. The van der Waals surface area contributed by atoms with Crippen LogP contribution in [-0.2, 0) is 4.74 Å². The van der Waals surface area contributed by atoms with Gasteiger partial charge in [-0.25, -0.2) is 0 Å². The van der Waals surface area contributed by atoms with E-state index in [1.54, 1.807) is 0 Å². The average molecular weight is 265 g/mol. The second kappa shape index (κ2) is 6.13. The van der Waals surface area contributed by atoms with Crippen LogP contribution in [0.4, 0.5) is 5.69 Å². The lowest BCUT2D eigenvalue weighted by atomic mass is 10.1. The van der Waals surface area contributed by atoms with Gasteiger partial charge < -0.3 is 20.7 Å². The maximum absolute atomic E-state index is 5.70. The molecule has 0 aromatic heterocycles. The van der Waals surface area contributed by atoms with Gasteiger partial charge in [-0.3, -0.25) is 0 Å². The van der Waals surface area contributed by atoms with Gasteiger partial charge in [-0.15, -0.1) is 0 Å². The number of hydrogen-bond acceptors (Lipinski definition) is 4. The standard InChI is InChI=1S/C13H19N3OS/c1-16-6-7-17-10(9-16)8-15-12-5-3-2-4-11(12)13(14)18/h2-5,10,15H,6-9H2,1H3,(H2,14,18). The Morgan fingerprint density at radius 3 is 3.06 bits per heavy atom. The second-order valence-corrected chi connectivity index (χ2v) is 4.99. The Balaban J connectivity index is 1.95. The van der Waals surface area contributed by atoms with Gasteiger partial charge in [-0.2, -0.15) is 0 Å². The fourth-order valence-electron chi connectivity index (χ4n) is 2.07. The number of morpholine rings is 1. The van der Waals surface area contributed by atoms with Crippen LogP contribution in [-0.4, -0.2) is 49.3 Å². The average Bonchev–Trinajstić information content (AvgIpc) is 2.37. The number of likely N-dealkylation sites (N-methyl/N-ethyl adjacent to an activating group) is 1. The van der Waals surface area contributed by atoms with Crippen molar-refractivity contribution in [3.63, 3.8) is 0 Å². The van der Waals surface area contributed by atoms with Gasteiger partial charge in [-0.05, 0) is 19.2 Å². The van der Waals surface area contributed by atoms with Crippen LogP contribution in [0.1, 0.15) is 5.56 Å². The molecule has 1 aromatic rings. The second-order valence-electron chi connectivity index (χ2n) is 4.55. The Hall–Kier alpha value is -1.17. The van der Waals surface area contributed by atoms with E-state index >= 15 is 0 Å². The molecule has 1 aromatic carbocycles. The predicted octanol–water partition coefficient (Wildman–Crippen LogP) is 1.06. The van der Waals surface area contributed by atoms with Crippen molar-refractivity contribution in [2.75, 3.05) is 38.6 Å². The lowest BCUT2D eigenvalue weighted by Gasteiger charge is -2.30. The molecule has 0 bridgehead atoms. The molecular formula is C13H19N3OS. The van der Waals surface area contributed by atoms with Crippen molar-refractivity contribution in [1.29, 1.82) is 0 Å². The summed E-state index contributed by atoms with van der Waals surface area (Å²) in [7, 11) is 2.11. The molecular weight excluding hydrogens is 246 g/mol. The van der Waals surface area contributed by atoms with Crippen LogP contribution in [0.3, 0.4) is 0 Å². The summed E-state index contributed by atoms with van der Waals surface area (Å²) in [5.41, 5.74) is 7.56. The summed E-state index contributed by atoms with van der Waals surface area (Å²) in [6, 6.07) is 7.82. The van der Waals surface area contributed by atoms with Crippen LogP contribution in [0.2, 0.25) is 0 Å². The molecule has 5 heteroatoms. The molecule has 98 valence electrons. The number of ether oxygens (including phenoxy) is 1. The van der Waals surface area contributed by atoms with Gasteiger partial charge in [0.15, 0.2) is 0 Å². The first-order chi connectivity index (χ1) is 8.66. The van der Waals surface area contributed by atoms with Crippen molar-refractivity contribution in [2.24, 2.45) is 5.73 Å². The van der Waals surface area contributed by atoms with Crippen LogP contribution in [0.25, 0.3) is 0 Å². The van der Waals surface area contributed by atoms with Gasteiger partial charge in [0, 0.05) is 30.9 Å². The van der Waals surface area contributed by atoms with E-state index in [1.165, 1.54) is 0 Å². The zero-order valence-corrected chi connectivity index (χ0v) is 11.4. The van der Waals surface area contributed by atoms with E-state index in [2.05, 4.69) is 17.3 Å². The molecule has 0 aliphatic carbocycles. The van der Waals surface area contributed by atoms with E-state index < -0.39 is 0 Å². The summed E-state index contributed by atoms with van der Waals surface area (Å²) in [6.07, 6.45) is 0.211. The molecule has 2 rings (SSSR count). The number of nitrogens with zero attached hydrogens (tertiary/aromatic N) is 1. The van der Waals surface area contributed by atoms with Crippen LogP contribution < -0.4 is 11.1 Å². The normalized spacial score (nSPS) is 20.6. The molecule has 1 fully saturated rings. The highest BCUT2D eigenvalue weighted by Gasteiger charge is 2.17. The zero-order chi connectivity index (χ0) is 13.0. The van der Waals surface area contributed by atoms with Crippen LogP contribution >= 0.6 is 12.2 Å². The number of rotatable bonds is 4. The third kappa shape index (κ3) is 3.41. The number of anilines is 1. The Morgan fingerprint density at radius 1 is 1.56 bits per heavy atom. The minimum absolute atomic E-state index is 0.211. The minimum atomic E-state index is 0.211. The number of nitrogens with one attached hydrogen (secondary N) is 1. The number of hydrogen-bond donors (Lipinski definition) is 2. The molecule has 1 heterocycles. The first-order valence-electron chi connectivity index (χ1n) is 6.09. The van der Waals surface area contributed by atoms with Crippen molar-refractivity contribution in [2.45, 2.75) is 6.10 Å². The van der Waals surface area contributed by atoms with Crippen LogP contribution in [0.15, 0.2) is 24.3 Å². The van der Waals surface area contributed by atoms with E-state index in [0.29, 0.717) is 4.99 Å². The van der Waals surface area contributed by atoms with Gasteiger partial charge in [0.05, 0.1) is 12.7 Å². The Morgan fingerprint density at radius 2 is 2.33 bits per heavy atom. The molecule has 18 heavy (non-hydrogen) atoms. The fourth-order valence-corrected chi connectivity index (χ4v) is 2.24. The minimum Gasteiger partial charge on any atom is -0.389 e. The molecule has 0 radical (unpaired) electrons. The Kier molecular flexibility index (Phi) is 4.52. The molecule has 1 unspecified atom stereocenters. The summed E-state index contributed by atoms with van der Waals surface area (Å²) in [5.74, 6) is 0. The lowest BCUT2D eigenvalue weighted by Crippen LogP contribution is -2.43. The molecule has 0 spiro atoms. The maximum atomic E-state index is 5.70. The Bertz CT molecular complexity index is 424. The van der Waals surface area contributed by atoms with Crippen molar-refractivity contribution in [3.05, 3.63) is 29.8 Å². The molecule has 3 N–H and O–H groups in total. The van der Waals surface area contributed by atoms with Gasteiger partial charge >= 0.3 is 0 Å². The molecule has 0 amide bonds. The number of thiocarbonyl (C=S) groups is 1. The van der Waals surface area contributed by atoms with Crippen LogP contribution in [0, 0.1) is 0 Å². The summed E-state index contributed by atoms with van der Waals surface area (Å²) in [4.78, 5) is 2.69. The molecule has 1 saturated heterocycles. The van der Waals surface area contributed by atoms with E-state index in [0.717, 1.165) is 37.5 Å². The molecule has 0 saturated carbocycles. The zero-order valence-electron chi connectivity index (χ0n) is 10.6. The highest BCUT2D eigenvalue weighted by atomic mass is 32.1. The smallest absolute Gasteiger partial charge is 0.106 e. The molecule has 1 aliphatic heterocycles. The largest absolute Gasteiger partial charge is 0.389 e. The van der Waals surface area contributed by atoms with E-state index in [9.17, 15) is 0 Å². The van der Waals surface area contributed by atoms with Crippen molar-refractivity contribution in [1.82, 2.24) is 4.90 Å². The maximum Gasteiger partial charge on any atom is 0.106 e. The molecule has 4 nitrogen and oxygen atoms in total. The Labute approximate surface area is 113 Å². The molecule has 1 atom stereocenters. The van der Waals surface area contributed by atoms with E-state index in [1.807, 2.05) is 24.3 Å². The van der Waals surface area contributed by atoms with Crippen molar-refractivity contribution < 1.29 is 4.74 Å². The number of para-hydroxylation sites is 1. The first-order valence-corrected chi connectivity index (χ1v) is 6.50. The lowest BCUT2D eigenvalue weighted by molar-refractivity contribution is -0.0117. The summed E-state index contributed by atoms with van der Waals surface area (Å²) < 4.78 is 5.70. The highest BCUT2D eigenvalue weighted by molar-refractivity contribution is 7.80. The summed E-state index contributed by atoms with van der Waals surface area (Å²) >= 11 is 5.04. The van der Waals surface area contributed by atoms with Crippen LogP contribution in [0.5, 0.6) is 0 Å². The fraction of sp³-hybridized carbons (Fsp3) is 0.462. The van der Waals surface area contributed by atoms with Gasteiger partial charge in [0.1, 0.15) is 4.99 Å². The quantitative estimate of drug-likeness (QED) is 0.797. The van der Waals surface area contributed by atoms with Crippen molar-refractivity contribution >= 4 is 22.9 Å². The topological polar surface area (TPSA) is 50.5 Å². The van der Waals surface area contributed by atoms with E-state index in [-0.39, 0.29) is 6.10 Å². The third-order valence-corrected chi connectivity index (χ3v) is 3.27. The third-order valence-electron chi connectivity index (χ3n) is 3.05. The summed E-state index contributed by atoms with van der Waals surface area (Å²) in [5, 5.41) is 3.37. The van der Waals surface area contributed by atoms with Gasteiger partial charge in [0.2, 0.25) is 0 Å². The summed E-state index contributed by atoms with van der Waals surface area (Å²) in [6.45, 7) is 3.51.